The Labute approximate surface area is 88.2 Å². The van der Waals surface area contributed by atoms with Gasteiger partial charge in [0.2, 0.25) is 0 Å². The van der Waals surface area contributed by atoms with E-state index in [2.05, 4.69) is 26.1 Å². The molecule has 86 valence electrons. The van der Waals surface area contributed by atoms with Crippen molar-refractivity contribution in [3.05, 3.63) is 0 Å². The molecule has 0 saturated heterocycles. The van der Waals surface area contributed by atoms with Gasteiger partial charge in [0.1, 0.15) is 0 Å². The molecule has 3 nitrogen and oxygen atoms in total. The van der Waals surface area contributed by atoms with Crippen LogP contribution in [0.5, 0.6) is 0 Å². The van der Waals surface area contributed by atoms with Gasteiger partial charge in [0, 0.05) is 12.3 Å². The van der Waals surface area contributed by atoms with E-state index in [-0.39, 0.29) is 11.3 Å². The van der Waals surface area contributed by atoms with Crippen molar-refractivity contribution in [1.82, 2.24) is 5.32 Å². The molecule has 0 aliphatic heterocycles. The highest BCUT2D eigenvalue weighted by Crippen LogP contribution is 2.12. The second kappa shape index (κ2) is 5.71. The van der Waals surface area contributed by atoms with E-state index < -0.39 is 9.84 Å². The van der Waals surface area contributed by atoms with E-state index in [1.165, 1.54) is 6.26 Å². The Hall–Kier alpha value is -0.0900. The molecule has 1 N–H and O–H groups in total. The average molecular weight is 221 g/mol. The van der Waals surface area contributed by atoms with E-state index in [0.717, 1.165) is 13.0 Å². The fourth-order valence-electron chi connectivity index (χ4n) is 1.52. The van der Waals surface area contributed by atoms with E-state index in [9.17, 15) is 8.42 Å². The lowest BCUT2D eigenvalue weighted by Gasteiger charge is -2.27. The van der Waals surface area contributed by atoms with Crippen LogP contribution in [0.1, 0.15) is 34.1 Å². The van der Waals surface area contributed by atoms with Gasteiger partial charge in [-0.15, -0.1) is 0 Å². The highest BCUT2D eigenvalue weighted by atomic mass is 32.2. The zero-order valence-electron chi connectivity index (χ0n) is 9.87. The summed E-state index contributed by atoms with van der Waals surface area (Å²) in [5.41, 5.74) is 0. The fraction of sp³-hybridized carbons (Fsp3) is 1.00. The maximum absolute atomic E-state index is 11.4. The molecule has 2 unspecified atom stereocenters. The van der Waals surface area contributed by atoms with Crippen LogP contribution >= 0.6 is 0 Å². The molecule has 0 aliphatic carbocycles. The molecular weight excluding hydrogens is 198 g/mol. The lowest BCUT2D eigenvalue weighted by Crippen LogP contribution is -2.46. The maximum atomic E-state index is 11.4. The molecule has 0 rings (SSSR count). The van der Waals surface area contributed by atoms with Crippen LogP contribution in [0.15, 0.2) is 0 Å². The Balaban J connectivity index is 4.50. The molecule has 0 heterocycles. The van der Waals surface area contributed by atoms with E-state index in [1.54, 1.807) is 6.92 Å². The van der Waals surface area contributed by atoms with E-state index >= 15 is 0 Å². The third-order valence-electron chi connectivity index (χ3n) is 2.53. The van der Waals surface area contributed by atoms with Gasteiger partial charge in [-0.1, -0.05) is 20.8 Å². The average Bonchev–Trinajstić information content (AvgIpc) is 2.02. The summed E-state index contributed by atoms with van der Waals surface area (Å²) in [6, 6.07) is 0.0601. The van der Waals surface area contributed by atoms with Crippen molar-refractivity contribution in [2.75, 3.05) is 12.8 Å². The Bertz CT molecular complexity index is 247. The standard InChI is InChI=1S/C10H23NO2S/c1-6-7-11-10(8(2)3)9(4)14(5,12)13/h8-11H,6-7H2,1-5H3. The van der Waals surface area contributed by atoms with E-state index in [1.807, 2.05) is 0 Å². The second-order valence-electron chi connectivity index (χ2n) is 4.26. The van der Waals surface area contributed by atoms with Crippen LogP contribution in [-0.4, -0.2) is 32.5 Å². The van der Waals surface area contributed by atoms with Gasteiger partial charge >= 0.3 is 0 Å². The molecule has 4 heteroatoms. The van der Waals surface area contributed by atoms with Gasteiger partial charge in [-0.05, 0) is 25.8 Å². The smallest absolute Gasteiger partial charge is 0.151 e. The SMILES string of the molecule is CCCNC(C(C)C)C(C)S(C)(=O)=O. The van der Waals surface area contributed by atoms with Gasteiger partial charge < -0.3 is 5.32 Å². The normalized spacial score (nSPS) is 17.0. The molecule has 0 saturated carbocycles. The van der Waals surface area contributed by atoms with Gasteiger partial charge in [0.25, 0.3) is 0 Å². The van der Waals surface area contributed by atoms with Crippen LogP contribution in [0.3, 0.4) is 0 Å². The van der Waals surface area contributed by atoms with Crippen molar-refractivity contribution in [2.45, 2.75) is 45.4 Å². The van der Waals surface area contributed by atoms with Gasteiger partial charge in [-0.3, -0.25) is 0 Å². The molecule has 0 aromatic rings. The minimum Gasteiger partial charge on any atom is -0.312 e. The predicted octanol–water partition coefficient (Wildman–Crippen LogP) is 1.44. The van der Waals surface area contributed by atoms with Gasteiger partial charge in [0.15, 0.2) is 9.84 Å². The Morgan fingerprint density at radius 1 is 1.21 bits per heavy atom. The van der Waals surface area contributed by atoms with Crippen molar-refractivity contribution in [2.24, 2.45) is 5.92 Å². The lowest BCUT2D eigenvalue weighted by atomic mass is 10.0. The molecule has 0 aliphatic rings. The van der Waals surface area contributed by atoms with Crippen molar-refractivity contribution >= 4 is 9.84 Å². The zero-order valence-corrected chi connectivity index (χ0v) is 10.7. The van der Waals surface area contributed by atoms with Crippen LogP contribution in [0.4, 0.5) is 0 Å². The first-order chi connectivity index (χ1) is 6.30. The van der Waals surface area contributed by atoms with Crippen LogP contribution in [-0.2, 0) is 9.84 Å². The molecule has 0 bridgehead atoms. The first-order valence-corrected chi connectivity index (χ1v) is 7.18. The fourth-order valence-corrected chi connectivity index (χ4v) is 2.46. The van der Waals surface area contributed by atoms with E-state index in [4.69, 9.17) is 0 Å². The van der Waals surface area contributed by atoms with Gasteiger partial charge in [-0.2, -0.15) is 0 Å². The quantitative estimate of drug-likeness (QED) is 0.738. The Kier molecular flexibility index (Phi) is 5.67. The summed E-state index contributed by atoms with van der Waals surface area (Å²) < 4.78 is 22.8. The van der Waals surface area contributed by atoms with Crippen molar-refractivity contribution in [3.63, 3.8) is 0 Å². The summed E-state index contributed by atoms with van der Waals surface area (Å²) in [6.07, 6.45) is 2.33. The van der Waals surface area contributed by atoms with Crippen LogP contribution < -0.4 is 5.32 Å². The molecular formula is C10H23NO2S. The number of rotatable bonds is 6. The molecule has 14 heavy (non-hydrogen) atoms. The Morgan fingerprint density at radius 2 is 1.71 bits per heavy atom. The molecule has 0 spiro atoms. The first-order valence-electron chi connectivity index (χ1n) is 5.23. The first kappa shape index (κ1) is 13.9. The molecule has 0 fully saturated rings. The maximum Gasteiger partial charge on any atom is 0.151 e. The topological polar surface area (TPSA) is 46.2 Å². The number of hydrogen-bond donors (Lipinski definition) is 1. The highest BCUT2D eigenvalue weighted by molar-refractivity contribution is 7.91. The lowest BCUT2D eigenvalue weighted by molar-refractivity contribution is 0.387. The third kappa shape index (κ3) is 4.42. The summed E-state index contributed by atoms with van der Waals surface area (Å²) in [5.74, 6) is 0.339. The van der Waals surface area contributed by atoms with Gasteiger partial charge in [-0.25, -0.2) is 8.42 Å². The second-order valence-corrected chi connectivity index (χ2v) is 6.66. The number of sulfone groups is 1. The molecule has 2 atom stereocenters. The number of hydrogen-bond acceptors (Lipinski definition) is 3. The van der Waals surface area contributed by atoms with Gasteiger partial charge in [0.05, 0.1) is 5.25 Å². The zero-order chi connectivity index (χ0) is 11.4. The van der Waals surface area contributed by atoms with Crippen LogP contribution in [0, 0.1) is 5.92 Å². The van der Waals surface area contributed by atoms with E-state index in [0.29, 0.717) is 5.92 Å². The largest absolute Gasteiger partial charge is 0.312 e. The summed E-state index contributed by atoms with van der Waals surface area (Å²) in [6.45, 7) is 8.84. The highest BCUT2D eigenvalue weighted by Gasteiger charge is 2.27. The van der Waals surface area contributed by atoms with Crippen molar-refractivity contribution < 1.29 is 8.42 Å². The minimum atomic E-state index is -2.94. The predicted molar refractivity (Wildman–Crippen MR) is 61.2 cm³/mol. The molecule has 0 amide bonds. The molecule has 0 aromatic heterocycles. The summed E-state index contributed by atoms with van der Waals surface area (Å²) >= 11 is 0. The van der Waals surface area contributed by atoms with Crippen LogP contribution in [0.2, 0.25) is 0 Å². The molecule has 0 aromatic carbocycles. The summed E-state index contributed by atoms with van der Waals surface area (Å²) in [5, 5.41) is 2.98. The summed E-state index contributed by atoms with van der Waals surface area (Å²) in [4.78, 5) is 0. The molecule has 0 radical (unpaired) electrons. The number of nitrogens with one attached hydrogen (secondary N) is 1. The van der Waals surface area contributed by atoms with Crippen molar-refractivity contribution in [3.8, 4) is 0 Å². The van der Waals surface area contributed by atoms with Crippen molar-refractivity contribution in [1.29, 1.82) is 0 Å². The minimum absolute atomic E-state index is 0.0601. The third-order valence-corrected chi connectivity index (χ3v) is 4.17. The Morgan fingerprint density at radius 3 is 2.00 bits per heavy atom. The monoisotopic (exact) mass is 221 g/mol. The summed E-state index contributed by atoms with van der Waals surface area (Å²) in [7, 11) is -2.94. The van der Waals surface area contributed by atoms with Crippen LogP contribution in [0.25, 0.3) is 0 Å².